The molecular formula is C27H28O. The molecule has 28 heavy (non-hydrogen) atoms. The summed E-state index contributed by atoms with van der Waals surface area (Å²) in [5, 5.41) is 2.50. The molecule has 1 fully saturated rings. The highest BCUT2D eigenvalue weighted by Crippen LogP contribution is 2.34. The summed E-state index contributed by atoms with van der Waals surface area (Å²) in [5.74, 6) is 0.425. The third-order valence-corrected chi connectivity index (χ3v) is 6.30. The fraction of sp³-hybridized carbons (Fsp3) is 0.296. The number of Topliss-reactive ketones (excluding diaryl/α,β-unsaturated/α-hetero) is 1. The number of hydrogen-bond acceptors (Lipinski definition) is 1. The Morgan fingerprint density at radius 2 is 1.64 bits per heavy atom. The van der Waals surface area contributed by atoms with Crippen LogP contribution < -0.4 is 0 Å². The maximum atomic E-state index is 13.6. The minimum Gasteiger partial charge on any atom is -0.299 e. The molecule has 2 atom stereocenters. The molecule has 1 aliphatic rings. The van der Waals surface area contributed by atoms with Crippen LogP contribution in [0.4, 0.5) is 0 Å². The minimum absolute atomic E-state index is 0.00763. The molecule has 0 spiro atoms. The smallest absolute Gasteiger partial charge is 0.143 e. The van der Waals surface area contributed by atoms with E-state index in [0.29, 0.717) is 5.78 Å². The van der Waals surface area contributed by atoms with Gasteiger partial charge in [-0.05, 0) is 66.5 Å². The molecule has 1 aliphatic carbocycles. The van der Waals surface area contributed by atoms with Crippen LogP contribution >= 0.6 is 0 Å². The number of ketones is 1. The van der Waals surface area contributed by atoms with Crippen LogP contribution in [0, 0.1) is 18.8 Å². The topological polar surface area (TPSA) is 17.1 Å². The Kier molecular flexibility index (Phi) is 5.43. The summed E-state index contributed by atoms with van der Waals surface area (Å²) >= 11 is 0. The van der Waals surface area contributed by atoms with Gasteiger partial charge in [-0.2, -0.15) is 0 Å². The molecular weight excluding hydrogens is 340 g/mol. The number of fused-ring (bicyclic) bond motifs is 1. The largest absolute Gasteiger partial charge is 0.299 e. The van der Waals surface area contributed by atoms with Crippen molar-refractivity contribution in [2.24, 2.45) is 11.8 Å². The molecule has 1 heteroatoms. The average molecular weight is 369 g/mol. The second kappa shape index (κ2) is 8.14. The Labute approximate surface area is 168 Å². The Hall–Kier alpha value is -2.67. The number of benzene rings is 3. The highest BCUT2D eigenvalue weighted by Gasteiger charge is 2.32. The normalized spacial score (nSPS) is 17.8. The standard InChI is InChI=1S/C27H28O/c1-19-9-3-4-12-22(19)17-24(27(28)25-16-7-10-20(25)2)18-23-14-8-13-21-11-5-6-15-26(21)23/h3-6,8-9,11-15,24-25H,2,7,10,16-18H2,1H3. The first-order valence-electron chi connectivity index (χ1n) is 10.4. The van der Waals surface area contributed by atoms with Crippen molar-refractivity contribution < 1.29 is 4.79 Å². The average Bonchev–Trinajstić information content (AvgIpc) is 3.14. The van der Waals surface area contributed by atoms with E-state index >= 15 is 0 Å². The summed E-state index contributed by atoms with van der Waals surface area (Å²) in [5.41, 5.74) is 4.96. The molecule has 142 valence electrons. The molecule has 0 radical (unpaired) electrons. The van der Waals surface area contributed by atoms with E-state index in [0.717, 1.165) is 37.7 Å². The number of aryl methyl sites for hydroxylation is 1. The van der Waals surface area contributed by atoms with Gasteiger partial charge in [-0.15, -0.1) is 0 Å². The maximum absolute atomic E-state index is 13.6. The monoisotopic (exact) mass is 368 g/mol. The van der Waals surface area contributed by atoms with Gasteiger partial charge in [0.15, 0.2) is 0 Å². The summed E-state index contributed by atoms with van der Waals surface area (Å²) in [4.78, 5) is 13.6. The Morgan fingerprint density at radius 3 is 2.43 bits per heavy atom. The zero-order valence-corrected chi connectivity index (χ0v) is 16.7. The van der Waals surface area contributed by atoms with E-state index in [2.05, 4.69) is 80.2 Å². The maximum Gasteiger partial charge on any atom is 0.143 e. The van der Waals surface area contributed by atoms with E-state index < -0.39 is 0 Å². The highest BCUT2D eigenvalue weighted by molar-refractivity contribution is 5.89. The van der Waals surface area contributed by atoms with Gasteiger partial charge in [-0.3, -0.25) is 4.79 Å². The van der Waals surface area contributed by atoms with Crippen molar-refractivity contribution in [1.82, 2.24) is 0 Å². The molecule has 3 aromatic rings. The number of carbonyl (C=O) groups excluding carboxylic acids is 1. The lowest BCUT2D eigenvalue weighted by Gasteiger charge is -2.22. The van der Waals surface area contributed by atoms with Crippen molar-refractivity contribution in [3.8, 4) is 0 Å². The molecule has 0 aromatic heterocycles. The third-order valence-electron chi connectivity index (χ3n) is 6.30. The van der Waals surface area contributed by atoms with Crippen LogP contribution in [0.3, 0.4) is 0 Å². The van der Waals surface area contributed by atoms with Gasteiger partial charge >= 0.3 is 0 Å². The molecule has 0 bridgehead atoms. The molecule has 0 saturated heterocycles. The van der Waals surface area contributed by atoms with Gasteiger partial charge in [-0.1, -0.05) is 78.9 Å². The number of carbonyl (C=O) groups is 1. The molecule has 1 saturated carbocycles. The Bertz CT molecular complexity index is 1010. The Balaban J connectivity index is 1.68. The number of allylic oxidation sites excluding steroid dienone is 1. The van der Waals surface area contributed by atoms with Crippen molar-refractivity contribution in [2.75, 3.05) is 0 Å². The van der Waals surface area contributed by atoms with Crippen LogP contribution in [-0.2, 0) is 17.6 Å². The van der Waals surface area contributed by atoms with Gasteiger partial charge in [0, 0.05) is 11.8 Å². The van der Waals surface area contributed by atoms with Gasteiger partial charge in [0.1, 0.15) is 5.78 Å². The first-order valence-corrected chi connectivity index (χ1v) is 10.4. The van der Waals surface area contributed by atoms with Gasteiger partial charge in [0.2, 0.25) is 0 Å². The molecule has 2 unspecified atom stereocenters. The Morgan fingerprint density at radius 1 is 0.964 bits per heavy atom. The minimum atomic E-state index is -0.00763. The summed E-state index contributed by atoms with van der Waals surface area (Å²) in [7, 11) is 0. The SMILES string of the molecule is C=C1CCCC1C(=O)C(Cc1ccccc1C)Cc1cccc2ccccc12. The fourth-order valence-electron chi connectivity index (χ4n) is 4.65. The van der Waals surface area contributed by atoms with E-state index in [1.165, 1.54) is 27.5 Å². The van der Waals surface area contributed by atoms with Crippen LogP contribution in [0.15, 0.2) is 78.9 Å². The summed E-state index contributed by atoms with van der Waals surface area (Å²) in [6.07, 6.45) is 4.66. The zero-order valence-electron chi connectivity index (χ0n) is 16.7. The van der Waals surface area contributed by atoms with Crippen molar-refractivity contribution in [2.45, 2.75) is 39.0 Å². The number of rotatable bonds is 6. The first-order chi connectivity index (χ1) is 13.6. The highest BCUT2D eigenvalue weighted by atomic mass is 16.1. The lowest BCUT2D eigenvalue weighted by molar-refractivity contribution is -0.125. The third kappa shape index (κ3) is 3.80. The van der Waals surface area contributed by atoms with Gasteiger partial charge in [0.05, 0.1) is 0 Å². The van der Waals surface area contributed by atoms with Gasteiger partial charge in [-0.25, -0.2) is 0 Å². The van der Waals surface area contributed by atoms with Crippen molar-refractivity contribution >= 4 is 16.6 Å². The summed E-state index contributed by atoms with van der Waals surface area (Å²) < 4.78 is 0. The van der Waals surface area contributed by atoms with E-state index in [1.807, 2.05) is 0 Å². The van der Waals surface area contributed by atoms with Crippen molar-refractivity contribution in [3.63, 3.8) is 0 Å². The van der Waals surface area contributed by atoms with Crippen molar-refractivity contribution in [1.29, 1.82) is 0 Å². The summed E-state index contributed by atoms with van der Waals surface area (Å²) in [6.45, 7) is 6.34. The lowest BCUT2D eigenvalue weighted by Crippen LogP contribution is -2.27. The predicted octanol–water partition coefficient (Wildman–Crippen LogP) is 6.48. The zero-order chi connectivity index (χ0) is 19.5. The number of hydrogen-bond donors (Lipinski definition) is 0. The molecule has 4 rings (SSSR count). The van der Waals surface area contributed by atoms with E-state index in [4.69, 9.17) is 0 Å². The molecule has 0 N–H and O–H groups in total. The van der Waals surface area contributed by atoms with Gasteiger partial charge < -0.3 is 0 Å². The van der Waals surface area contributed by atoms with Crippen LogP contribution in [-0.4, -0.2) is 5.78 Å². The second-order valence-electron chi connectivity index (χ2n) is 8.18. The van der Waals surface area contributed by atoms with E-state index in [1.54, 1.807) is 0 Å². The molecule has 0 aliphatic heterocycles. The second-order valence-corrected chi connectivity index (χ2v) is 8.18. The van der Waals surface area contributed by atoms with Crippen LogP contribution in [0.1, 0.15) is 36.0 Å². The molecule has 1 nitrogen and oxygen atoms in total. The van der Waals surface area contributed by atoms with Crippen LogP contribution in [0.2, 0.25) is 0 Å². The van der Waals surface area contributed by atoms with E-state index in [9.17, 15) is 4.79 Å². The molecule has 0 heterocycles. The lowest BCUT2D eigenvalue weighted by atomic mass is 9.80. The van der Waals surface area contributed by atoms with Crippen LogP contribution in [0.25, 0.3) is 10.8 Å². The van der Waals surface area contributed by atoms with Crippen LogP contribution in [0.5, 0.6) is 0 Å². The fourth-order valence-corrected chi connectivity index (χ4v) is 4.65. The van der Waals surface area contributed by atoms with E-state index in [-0.39, 0.29) is 11.8 Å². The molecule has 0 amide bonds. The predicted molar refractivity (Wildman–Crippen MR) is 118 cm³/mol. The summed E-state index contributed by atoms with van der Waals surface area (Å²) in [6, 6.07) is 23.4. The quantitative estimate of drug-likeness (QED) is 0.455. The molecule has 3 aromatic carbocycles. The van der Waals surface area contributed by atoms with Gasteiger partial charge in [0.25, 0.3) is 0 Å². The first kappa shape index (κ1) is 18.7. The van der Waals surface area contributed by atoms with Crippen molar-refractivity contribution in [3.05, 3.63) is 95.6 Å².